The highest BCUT2D eigenvalue weighted by molar-refractivity contribution is 6.04. The largest absolute Gasteiger partial charge is 0.497 e. The molecule has 2 aromatic carbocycles. The van der Waals surface area contributed by atoms with E-state index in [9.17, 15) is 4.79 Å². The smallest absolute Gasteiger partial charge is 0.278 e. The fraction of sp³-hybridized carbons (Fsp3) is 0.0870. The Hall–Kier alpha value is -4.13. The molecule has 150 valence electrons. The molecule has 0 unspecified atom stereocenters. The molecule has 0 saturated carbocycles. The van der Waals surface area contributed by atoms with Gasteiger partial charge in [0.1, 0.15) is 22.9 Å². The van der Waals surface area contributed by atoms with Crippen LogP contribution in [0.3, 0.4) is 0 Å². The zero-order valence-corrected chi connectivity index (χ0v) is 16.5. The summed E-state index contributed by atoms with van der Waals surface area (Å²) in [6.45, 7) is 1.70. The fourth-order valence-corrected chi connectivity index (χ4v) is 2.82. The topological polar surface area (TPSA) is 86.5 Å². The summed E-state index contributed by atoms with van der Waals surface area (Å²) < 4.78 is 16.6. The van der Waals surface area contributed by atoms with Gasteiger partial charge in [-0.25, -0.2) is 9.97 Å². The molecule has 7 heteroatoms. The van der Waals surface area contributed by atoms with Gasteiger partial charge in [0.2, 0.25) is 11.8 Å². The average Bonchev–Trinajstić information content (AvgIpc) is 3.18. The van der Waals surface area contributed by atoms with Crippen molar-refractivity contribution in [3.8, 4) is 28.8 Å². The number of oxazole rings is 1. The Morgan fingerprint density at radius 3 is 2.43 bits per heavy atom. The number of aryl methyl sites for hydroxylation is 1. The summed E-state index contributed by atoms with van der Waals surface area (Å²) >= 11 is 0. The van der Waals surface area contributed by atoms with E-state index in [0.29, 0.717) is 28.8 Å². The highest BCUT2D eigenvalue weighted by Crippen LogP contribution is 2.29. The van der Waals surface area contributed by atoms with E-state index in [1.54, 1.807) is 56.6 Å². The summed E-state index contributed by atoms with van der Waals surface area (Å²) in [6.07, 6.45) is 1.59. The van der Waals surface area contributed by atoms with E-state index in [2.05, 4.69) is 15.3 Å². The van der Waals surface area contributed by atoms with Crippen LogP contribution < -0.4 is 14.8 Å². The number of methoxy groups -OCH3 is 1. The Balaban J connectivity index is 1.55. The molecule has 0 aliphatic heterocycles. The van der Waals surface area contributed by atoms with Gasteiger partial charge in [-0.05, 0) is 55.5 Å². The molecule has 0 atom stereocenters. The maximum absolute atomic E-state index is 12.8. The standard InChI is InChI=1S/C23H19N3O4/c1-15-20(26-22(29-15)16-7-4-3-5-8-16)21(27)25-19-9-6-14-24-23(19)30-18-12-10-17(28-2)11-13-18/h3-14H,1-2H3,(H,25,27). The first-order chi connectivity index (χ1) is 14.6. The molecule has 0 bridgehead atoms. The van der Waals surface area contributed by atoms with E-state index in [1.807, 2.05) is 30.3 Å². The summed E-state index contributed by atoms with van der Waals surface area (Å²) in [6, 6.07) is 19.9. The molecule has 4 aromatic rings. The predicted octanol–water partition coefficient (Wildman–Crippen LogP) is 5.10. The number of hydrogen-bond donors (Lipinski definition) is 1. The molecule has 1 amide bonds. The highest BCUT2D eigenvalue weighted by Gasteiger charge is 2.20. The second-order valence-corrected chi connectivity index (χ2v) is 6.38. The van der Waals surface area contributed by atoms with Gasteiger partial charge >= 0.3 is 0 Å². The number of rotatable bonds is 6. The number of nitrogens with zero attached hydrogens (tertiary/aromatic N) is 2. The molecule has 0 radical (unpaired) electrons. The monoisotopic (exact) mass is 401 g/mol. The van der Waals surface area contributed by atoms with E-state index in [0.717, 1.165) is 5.56 Å². The van der Waals surface area contributed by atoms with E-state index in [-0.39, 0.29) is 11.6 Å². The number of amides is 1. The SMILES string of the molecule is COc1ccc(Oc2ncccc2NC(=O)c2nc(-c3ccccc3)oc2C)cc1. The van der Waals surface area contributed by atoms with E-state index < -0.39 is 5.91 Å². The first-order valence-corrected chi connectivity index (χ1v) is 9.25. The summed E-state index contributed by atoms with van der Waals surface area (Å²) in [7, 11) is 1.59. The van der Waals surface area contributed by atoms with Gasteiger partial charge in [0.05, 0.1) is 7.11 Å². The molecular formula is C23H19N3O4. The van der Waals surface area contributed by atoms with Crippen LogP contribution in [0.1, 0.15) is 16.2 Å². The lowest BCUT2D eigenvalue weighted by Crippen LogP contribution is -2.14. The Labute approximate surface area is 173 Å². The van der Waals surface area contributed by atoms with Crippen molar-refractivity contribution >= 4 is 11.6 Å². The first kappa shape index (κ1) is 19.2. The summed E-state index contributed by atoms with van der Waals surface area (Å²) in [5.41, 5.74) is 1.42. The van der Waals surface area contributed by atoms with Crippen molar-refractivity contribution in [1.82, 2.24) is 9.97 Å². The number of anilines is 1. The van der Waals surface area contributed by atoms with Crippen LogP contribution in [-0.4, -0.2) is 23.0 Å². The molecule has 7 nitrogen and oxygen atoms in total. The Bertz CT molecular complexity index is 1150. The number of carbonyl (C=O) groups excluding carboxylic acids is 1. The zero-order valence-electron chi connectivity index (χ0n) is 16.5. The van der Waals surface area contributed by atoms with Gasteiger partial charge in [-0.1, -0.05) is 18.2 Å². The fourth-order valence-electron chi connectivity index (χ4n) is 2.82. The van der Waals surface area contributed by atoms with E-state index in [4.69, 9.17) is 13.9 Å². The van der Waals surface area contributed by atoms with Crippen LogP contribution in [0.2, 0.25) is 0 Å². The molecular weight excluding hydrogens is 382 g/mol. The van der Waals surface area contributed by atoms with Crippen molar-refractivity contribution < 1.29 is 18.7 Å². The van der Waals surface area contributed by atoms with Gasteiger partial charge in [0.15, 0.2) is 5.69 Å². The minimum absolute atomic E-state index is 0.202. The quantitative estimate of drug-likeness (QED) is 0.484. The van der Waals surface area contributed by atoms with Crippen molar-refractivity contribution in [2.75, 3.05) is 12.4 Å². The molecule has 4 rings (SSSR count). The number of nitrogens with one attached hydrogen (secondary N) is 1. The van der Waals surface area contributed by atoms with Crippen molar-refractivity contribution in [3.05, 3.63) is 84.4 Å². The van der Waals surface area contributed by atoms with Gasteiger partial charge in [0.25, 0.3) is 5.91 Å². The minimum atomic E-state index is -0.411. The van der Waals surface area contributed by atoms with Crippen molar-refractivity contribution in [3.63, 3.8) is 0 Å². The third-order valence-electron chi connectivity index (χ3n) is 4.33. The molecule has 0 spiro atoms. The maximum atomic E-state index is 12.8. The van der Waals surface area contributed by atoms with Gasteiger partial charge in [-0.15, -0.1) is 0 Å². The third kappa shape index (κ3) is 4.15. The second kappa shape index (κ2) is 8.48. The van der Waals surface area contributed by atoms with Gasteiger partial charge in [-0.2, -0.15) is 0 Å². The third-order valence-corrected chi connectivity index (χ3v) is 4.33. The summed E-state index contributed by atoms with van der Waals surface area (Å²) in [4.78, 5) is 21.4. The van der Waals surface area contributed by atoms with Crippen LogP contribution in [0.15, 0.2) is 77.3 Å². The van der Waals surface area contributed by atoms with Crippen molar-refractivity contribution in [2.24, 2.45) is 0 Å². The number of carbonyl (C=O) groups is 1. The molecule has 0 fully saturated rings. The Kier molecular flexibility index (Phi) is 5.43. The van der Waals surface area contributed by atoms with Crippen LogP contribution in [-0.2, 0) is 0 Å². The van der Waals surface area contributed by atoms with Crippen molar-refractivity contribution in [2.45, 2.75) is 6.92 Å². The first-order valence-electron chi connectivity index (χ1n) is 9.25. The number of pyridine rings is 1. The highest BCUT2D eigenvalue weighted by atomic mass is 16.5. The molecule has 2 heterocycles. The lowest BCUT2D eigenvalue weighted by atomic mass is 10.2. The summed E-state index contributed by atoms with van der Waals surface area (Å²) in [5.74, 6) is 1.94. The average molecular weight is 401 g/mol. The minimum Gasteiger partial charge on any atom is -0.497 e. The molecule has 1 N–H and O–H groups in total. The Morgan fingerprint density at radius 1 is 0.967 bits per heavy atom. The second-order valence-electron chi connectivity index (χ2n) is 6.38. The Morgan fingerprint density at radius 2 is 1.70 bits per heavy atom. The zero-order chi connectivity index (χ0) is 20.9. The van der Waals surface area contributed by atoms with Crippen LogP contribution in [0.4, 0.5) is 5.69 Å². The normalized spacial score (nSPS) is 10.5. The molecule has 0 aliphatic carbocycles. The molecule has 0 aliphatic rings. The van der Waals surface area contributed by atoms with Gasteiger partial charge in [0, 0.05) is 11.8 Å². The maximum Gasteiger partial charge on any atom is 0.278 e. The number of aromatic nitrogens is 2. The number of benzene rings is 2. The van der Waals surface area contributed by atoms with Crippen LogP contribution in [0.5, 0.6) is 17.4 Å². The van der Waals surface area contributed by atoms with Gasteiger partial charge < -0.3 is 19.2 Å². The predicted molar refractivity (Wildman–Crippen MR) is 112 cm³/mol. The van der Waals surface area contributed by atoms with E-state index >= 15 is 0 Å². The van der Waals surface area contributed by atoms with Crippen molar-refractivity contribution in [1.29, 1.82) is 0 Å². The van der Waals surface area contributed by atoms with E-state index in [1.165, 1.54) is 0 Å². The molecule has 2 aromatic heterocycles. The lowest BCUT2D eigenvalue weighted by Gasteiger charge is -2.10. The summed E-state index contributed by atoms with van der Waals surface area (Å²) in [5, 5.41) is 2.80. The van der Waals surface area contributed by atoms with Crippen LogP contribution in [0.25, 0.3) is 11.5 Å². The lowest BCUT2D eigenvalue weighted by molar-refractivity contribution is 0.102. The molecule has 30 heavy (non-hydrogen) atoms. The van der Waals surface area contributed by atoms with Crippen LogP contribution >= 0.6 is 0 Å². The van der Waals surface area contributed by atoms with Gasteiger partial charge in [-0.3, -0.25) is 4.79 Å². The number of ether oxygens (including phenoxy) is 2. The van der Waals surface area contributed by atoms with Crippen LogP contribution in [0, 0.1) is 6.92 Å². The molecule has 0 saturated heterocycles. The number of hydrogen-bond acceptors (Lipinski definition) is 6.